The van der Waals surface area contributed by atoms with Crippen molar-refractivity contribution in [3.05, 3.63) is 42.7 Å². The van der Waals surface area contributed by atoms with Crippen molar-refractivity contribution >= 4 is 17.2 Å². The number of benzene rings is 1. The Balaban J connectivity index is 2.33. The minimum atomic E-state index is -0.383. The van der Waals surface area contributed by atoms with E-state index in [0.717, 1.165) is 11.4 Å². The highest BCUT2D eigenvalue weighted by Crippen LogP contribution is 2.27. The maximum Gasteiger partial charge on any atom is 0.201 e. The molecule has 1 aromatic carbocycles. The fourth-order valence-corrected chi connectivity index (χ4v) is 1.83. The van der Waals surface area contributed by atoms with Crippen LogP contribution in [0, 0.1) is 16.7 Å². The maximum absolute atomic E-state index is 8.83. The van der Waals surface area contributed by atoms with Crippen LogP contribution in [0.3, 0.4) is 0 Å². The Morgan fingerprint density at radius 1 is 1.45 bits per heavy atom. The van der Waals surface area contributed by atoms with E-state index in [9.17, 15) is 0 Å². The number of rotatable bonds is 6. The Bertz CT molecular complexity index is 727. The highest BCUT2D eigenvalue weighted by Gasteiger charge is 2.07. The van der Waals surface area contributed by atoms with Crippen LogP contribution in [0.15, 0.2) is 47.8 Å². The Morgan fingerprint density at radius 2 is 2.18 bits per heavy atom. The molecule has 112 valence electrons. The Kier molecular flexibility index (Phi) is 4.78. The lowest BCUT2D eigenvalue weighted by atomic mass is 10.2. The molecule has 0 saturated carbocycles. The van der Waals surface area contributed by atoms with E-state index in [4.69, 9.17) is 21.1 Å². The number of amidine groups is 1. The fraction of sp³-hybridized carbons (Fsp3) is 0.133. The number of ether oxygens (including phenoxy) is 1. The monoisotopic (exact) mass is 296 g/mol. The van der Waals surface area contributed by atoms with Gasteiger partial charge in [0, 0.05) is 12.4 Å². The number of hydrazone groups is 1. The lowest BCUT2D eigenvalue weighted by Crippen LogP contribution is -2.21. The molecule has 2 rings (SSSR count). The van der Waals surface area contributed by atoms with Gasteiger partial charge >= 0.3 is 0 Å². The number of nitriles is 1. The van der Waals surface area contributed by atoms with Gasteiger partial charge in [0.2, 0.25) is 5.71 Å². The second-order valence-corrected chi connectivity index (χ2v) is 4.30. The third-order valence-electron chi connectivity index (χ3n) is 2.80. The summed E-state index contributed by atoms with van der Waals surface area (Å²) in [5.74, 6) is 0.354. The Morgan fingerprint density at radius 3 is 2.77 bits per heavy atom. The van der Waals surface area contributed by atoms with Crippen LogP contribution in [-0.2, 0) is 0 Å². The largest absolute Gasteiger partial charge is 0.492 e. The molecule has 0 amide bonds. The van der Waals surface area contributed by atoms with E-state index < -0.39 is 0 Å². The third kappa shape index (κ3) is 3.43. The molecule has 0 radical (unpaired) electrons. The molecule has 0 unspecified atom stereocenters. The first-order valence-corrected chi connectivity index (χ1v) is 6.64. The zero-order chi connectivity index (χ0) is 15.9. The van der Waals surface area contributed by atoms with Gasteiger partial charge in [-0.15, -0.1) is 0 Å². The summed E-state index contributed by atoms with van der Waals surface area (Å²) in [6, 6.07) is 11.0. The minimum absolute atomic E-state index is 0.170. The first-order valence-electron chi connectivity index (χ1n) is 6.64. The molecule has 0 bridgehead atoms. The molecule has 7 heteroatoms. The van der Waals surface area contributed by atoms with E-state index in [2.05, 4.69) is 10.5 Å². The normalized spacial score (nSPS) is 10.8. The highest BCUT2D eigenvalue weighted by molar-refractivity contribution is 6.45. The molecule has 7 nitrogen and oxygen atoms in total. The molecular formula is C15H16N6O. The van der Waals surface area contributed by atoms with E-state index in [1.165, 1.54) is 0 Å². The molecule has 0 fully saturated rings. The van der Waals surface area contributed by atoms with Crippen LogP contribution >= 0.6 is 0 Å². The number of aromatic nitrogens is 1. The summed E-state index contributed by atoms with van der Waals surface area (Å²) in [6.07, 6.45) is 3.81. The highest BCUT2D eigenvalue weighted by atomic mass is 16.5. The summed E-state index contributed by atoms with van der Waals surface area (Å²) >= 11 is 0. The van der Waals surface area contributed by atoms with Crippen molar-refractivity contribution in [3.63, 3.8) is 0 Å². The molecule has 2 aromatic rings. The van der Waals surface area contributed by atoms with Gasteiger partial charge in [0.15, 0.2) is 5.84 Å². The van der Waals surface area contributed by atoms with Gasteiger partial charge in [0.1, 0.15) is 11.8 Å². The van der Waals surface area contributed by atoms with Crippen LogP contribution in [0.4, 0.5) is 5.69 Å². The first-order chi connectivity index (χ1) is 10.7. The summed E-state index contributed by atoms with van der Waals surface area (Å²) < 4.78 is 7.52. The SMILES string of the molecule is CCOc1ccc(N/N=C(\C#N)C(=N)N)cc1-n1cccc1. The van der Waals surface area contributed by atoms with Gasteiger partial charge in [-0.1, -0.05) is 0 Å². The standard InChI is InChI=1S/C15H16N6O/c1-2-22-14-6-5-11(19-20-12(10-16)15(17)18)9-13(14)21-7-3-4-8-21/h3-9,19H,2H2,1H3,(H3,17,18)/b20-12+. The van der Waals surface area contributed by atoms with Crippen LogP contribution in [0.5, 0.6) is 5.75 Å². The number of nitrogens with zero attached hydrogens (tertiary/aromatic N) is 3. The maximum atomic E-state index is 8.83. The van der Waals surface area contributed by atoms with Crippen LogP contribution in [0.2, 0.25) is 0 Å². The van der Waals surface area contributed by atoms with E-state index in [0.29, 0.717) is 12.3 Å². The quantitative estimate of drug-likeness (QED) is 0.430. The zero-order valence-electron chi connectivity index (χ0n) is 12.1. The summed E-state index contributed by atoms with van der Waals surface area (Å²) in [5, 5.41) is 19.9. The molecule has 0 aliphatic carbocycles. The molecule has 0 saturated heterocycles. The number of nitrogens with one attached hydrogen (secondary N) is 2. The lowest BCUT2D eigenvalue weighted by Gasteiger charge is -2.13. The molecule has 0 atom stereocenters. The van der Waals surface area contributed by atoms with Gasteiger partial charge in [0.05, 0.1) is 18.0 Å². The van der Waals surface area contributed by atoms with Gasteiger partial charge in [-0.05, 0) is 37.3 Å². The van der Waals surface area contributed by atoms with E-state index in [1.807, 2.05) is 48.1 Å². The molecular weight excluding hydrogens is 280 g/mol. The van der Waals surface area contributed by atoms with Crippen LogP contribution < -0.4 is 15.9 Å². The van der Waals surface area contributed by atoms with Crippen molar-refractivity contribution in [1.29, 1.82) is 10.7 Å². The molecule has 1 heterocycles. The topological polar surface area (TPSA) is 112 Å². The fourth-order valence-electron chi connectivity index (χ4n) is 1.83. The number of hydrogen-bond acceptors (Lipinski definition) is 5. The minimum Gasteiger partial charge on any atom is -0.492 e. The van der Waals surface area contributed by atoms with Gasteiger partial charge < -0.3 is 15.0 Å². The number of anilines is 1. The number of nitrogens with two attached hydrogens (primary N) is 1. The predicted molar refractivity (Wildman–Crippen MR) is 85.5 cm³/mol. The van der Waals surface area contributed by atoms with Crippen LogP contribution in [0.1, 0.15) is 6.92 Å². The van der Waals surface area contributed by atoms with E-state index in [-0.39, 0.29) is 11.5 Å². The molecule has 0 spiro atoms. The molecule has 0 aliphatic rings. The van der Waals surface area contributed by atoms with Crippen LogP contribution in [0.25, 0.3) is 5.69 Å². The molecule has 1 aromatic heterocycles. The van der Waals surface area contributed by atoms with Gasteiger partial charge in [-0.2, -0.15) is 10.4 Å². The van der Waals surface area contributed by atoms with Gasteiger partial charge in [-0.25, -0.2) is 0 Å². The average Bonchev–Trinajstić information content (AvgIpc) is 3.03. The van der Waals surface area contributed by atoms with Gasteiger partial charge in [0.25, 0.3) is 0 Å². The first kappa shape index (κ1) is 15.1. The second-order valence-electron chi connectivity index (χ2n) is 4.30. The van der Waals surface area contributed by atoms with Crippen molar-refractivity contribution in [2.24, 2.45) is 10.8 Å². The van der Waals surface area contributed by atoms with E-state index in [1.54, 1.807) is 12.1 Å². The van der Waals surface area contributed by atoms with Crippen LogP contribution in [-0.4, -0.2) is 22.7 Å². The van der Waals surface area contributed by atoms with Crippen molar-refractivity contribution in [1.82, 2.24) is 4.57 Å². The summed E-state index contributed by atoms with van der Waals surface area (Å²) in [6.45, 7) is 2.48. The average molecular weight is 296 g/mol. The van der Waals surface area contributed by atoms with Crippen molar-refractivity contribution in [2.75, 3.05) is 12.0 Å². The lowest BCUT2D eigenvalue weighted by molar-refractivity contribution is 0.339. The van der Waals surface area contributed by atoms with Gasteiger partial charge in [-0.3, -0.25) is 10.8 Å². The summed E-state index contributed by atoms with van der Waals surface area (Å²) in [7, 11) is 0. The summed E-state index contributed by atoms with van der Waals surface area (Å²) in [4.78, 5) is 0. The Hall–Kier alpha value is -3.27. The smallest absolute Gasteiger partial charge is 0.201 e. The Labute approximate surface area is 128 Å². The van der Waals surface area contributed by atoms with Crippen molar-refractivity contribution in [3.8, 4) is 17.5 Å². The molecule has 22 heavy (non-hydrogen) atoms. The third-order valence-corrected chi connectivity index (χ3v) is 2.80. The zero-order valence-corrected chi connectivity index (χ0v) is 12.1. The predicted octanol–water partition coefficient (Wildman–Crippen LogP) is 2.10. The van der Waals surface area contributed by atoms with E-state index >= 15 is 0 Å². The van der Waals surface area contributed by atoms with Crippen molar-refractivity contribution in [2.45, 2.75) is 6.92 Å². The number of hydrogen-bond donors (Lipinski definition) is 3. The summed E-state index contributed by atoms with van der Waals surface area (Å²) in [5.41, 5.74) is 9.30. The molecule has 4 N–H and O–H groups in total. The second kappa shape index (κ2) is 6.95. The molecule has 0 aliphatic heterocycles. The van der Waals surface area contributed by atoms with Crippen molar-refractivity contribution < 1.29 is 4.74 Å².